The summed E-state index contributed by atoms with van der Waals surface area (Å²) < 4.78 is 34.4. The maximum absolute atomic E-state index is 14.3. The van der Waals surface area contributed by atoms with Crippen molar-refractivity contribution in [2.45, 2.75) is 56.6 Å². The van der Waals surface area contributed by atoms with Gasteiger partial charge in [0.25, 0.3) is 0 Å². The van der Waals surface area contributed by atoms with Crippen LogP contribution < -0.4 is 10.2 Å². The number of sulfonamides is 1. The molecule has 252 valence electrons. The van der Waals surface area contributed by atoms with Crippen LogP contribution in [0.25, 0.3) is 0 Å². The van der Waals surface area contributed by atoms with Gasteiger partial charge in [-0.3, -0.25) is 19.6 Å². The average Bonchev–Trinajstić information content (AvgIpc) is 3.05. The first kappa shape index (κ1) is 35.9. The van der Waals surface area contributed by atoms with E-state index in [1.54, 1.807) is 28.6 Å². The molecule has 0 aromatic heterocycles. The van der Waals surface area contributed by atoms with Gasteiger partial charge in [0.2, 0.25) is 27.7 Å². The Bertz CT molecular complexity index is 1640. The van der Waals surface area contributed by atoms with E-state index >= 15 is 0 Å². The maximum Gasteiger partial charge on any atom is 0.245 e. The summed E-state index contributed by atoms with van der Waals surface area (Å²) in [6.07, 6.45) is 0.267. The van der Waals surface area contributed by atoms with Crippen LogP contribution in [0.4, 0.5) is 0 Å². The highest BCUT2D eigenvalue weighted by molar-refractivity contribution is 7.89. The molecule has 1 aliphatic rings. The smallest absolute Gasteiger partial charge is 0.245 e. The minimum Gasteiger partial charge on any atom is -0.497 e. The highest BCUT2D eigenvalue weighted by Gasteiger charge is 2.44. The molecule has 1 fully saturated rings. The zero-order valence-corrected chi connectivity index (χ0v) is 28.3. The molecule has 4 rings (SSSR count). The second-order valence-electron chi connectivity index (χ2n) is 11.9. The van der Waals surface area contributed by atoms with Gasteiger partial charge in [-0.25, -0.2) is 13.9 Å². The summed E-state index contributed by atoms with van der Waals surface area (Å²) in [5.74, 6) is -1.18. The van der Waals surface area contributed by atoms with Crippen LogP contribution in [0.15, 0.2) is 83.8 Å². The fraction of sp³-hybridized carbons (Fsp3) is 0.382. The minimum absolute atomic E-state index is 0.00907. The fourth-order valence-electron chi connectivity index (χ4n) is 5.78. The molecular weight excluding hydrogens is 644 g/mol. The molecule has 3 amide bonds. The lowest BCUT2D eigenvalue weighted by atomic mass is 9.94. The van der Waals surface area contributed by atoms with Gasteiger partial charge in [0.1, 0.15) is 11.8 Å². The van der Waals surface area contributed by atoms with Gasteiger partial charge in [-0.05, 0) is 66.3 Å². The first-order chi connectivity index (χ1) is 22.4. The summed E-state index contributed by atoms with van der Waals surface area (Å²) in [6, 6.07) is 20.5. The minimum atomic E-state index is -4.21. The quantitative estimate of drug-likeness (QED) is 0.193. The van der Waals surface area contributed by atoms with E-state index < -0.39 is 40.5 Å². The highest BCUT2D eigenvalue weighted by atomic mass is 35.5. The number of halogens is 1. The first-order valence-corrected chi connectivity index (χ1v) is 17.2. The normalized spacial score (nSPS) is 16.9. The average molecular weight is 685 g/mol. The Kier molecular flexibility index (Phi) is 12.4. The van der Waals surface area contributed by atoms with Crippen LogP contribution in [0.2, 0.25) is 5.02 Å². The van der Waals surface area contributed by atoms with E-state index in [9.17, 15) is 28.0 Å². The number of benzene rings is 3. The molecule has 3 aromatic rings. The molecule has 0 radical (unpaired) electrons. The van der Waals surface area contributed by atoms with Crippen LogP contribution in [0.5, 0.6) is 5.75 Å². The second kappa shape index (κ2) is 16.2. The van der Waals surface area contributed by atoms with Crippen LogP contribution in [0, 0.1) is 5.92 Å². The Morgan fingerprint density at radius 3 is 2.34 bits per heavy atom. The Hall–Kier alpha value is -3.97. The lowest BCUT2D eigenvalue weighted by molar-refractivity contribution is -0.159. The van der Waals surface area contributed by atoms with E-state index in [0.29, 0.717) is 17.2 Å². The van der Waals surface area contributed by atoms with Crippen molar-refractivity contribution in [2.24, 2.45) is 5.92 Å². The second-order valence-corrected chi connectivity index (χ2v) is 14.3. The molecule has 1 unspecified atom stereocenters. The molecule has 3 aromatic carbocycles. The van der Waals surface area contributed by atoms with Gasteiger partial charge in [-0.15, -0.1) is 0 Å². The van der Waals surface area contributed by atoms with Gasteiger partial charge in [0.15, 0.2) is 0 Å². The first-order valence-electron chi connectivity index (χ1n) is 15.4. The highest BCUT2D eigenvalue weighted by Crippen LogP contribution is 2.28. The third-order valence-electron chi connectivity index (χ3n) is 8.05. The lowest BCUT2D eigenvalue weighted by Crippen LogP contribution is -2.65. The molecule has 11 nitrogen and oxygen atoms in total. The van der Waals surface area contributed by atoms with Gasteiger partial charge < -0.3 is 14.5 Å². The Morgan fingerprint density at radius 1 is 1.04 bits per heavy atom. The van der Waals surface area contributed by atoms with E-state index in [0.717, 1.165) is 15.4 Å². The Morgan fingerprint density at radius 2 is 1.72 bits per heavy atom. The van der Waals surface area contributed by atoms with Crippen molar-refractivity contribution >= 4 is 39.3 Å². The largest absolute Gasteiger partial charge is 0.497 e. The van der Waals surface area contributed by atoms with Crippen molar-refractivity contribution in [2.75, 3.05) is 26.7 Å². The summed E-state index contributed by atoms with van der Waals surface area (Å²) in [6.45, 7) is 3.51. The third-order valence-corrected chi connectivity index (χ3v) is 10.1. The Balaban J connectivity index is 1.70. The van der Waals surface area contributed by atoms with Crippen molar-refractivity contribution in [1.82, 2.24) is 19.6 Å². The van der Waals surface area contributed by atoms with E-state index in [2.05, 4.69) is 0 Å². The van der Waals surface area contributed by atoms with Crippen LogP contribution in [-0.2, 0) is 37.4 Å². The van der Waals surface area contributed by atoms with Gasteiger partial charge in [0, 0.05) is 24.7 Å². The molecule has 47 heavy (non-hydrogen) atoms. The number of hydroxylamine groups is 1. The number of ether oxygens (including phenoxy) is 1. The number of amides is 3. The van der Waals surface area contributed by atoms with Crippen molar-refractivity contribution in [3.8, 4) is 5.75 Å². The SMILES string of the molecule is COc1ccc(S(=O)(=O)N(CCc2cccc(Cl)c2)CC(=O)N2C(CC(=O)NO)CN(Cc3ccccc3)C(=O)[C@@H]2CC(C)C)cc1. The van der Waals surface area contributed by atoms with Crippen molar-refractivity contribution in [3.63, 3.8) is 0 Å². The van der Waals surface area contributed by atoms with Crippen LogP contribution in [0.1, 0.15) is 37.8 Å². The number of methoxy groups -OCH3 is 1. The number of nitrogens with zero attached hydrogens (tertiary/aromatic N) is 3. The van der Waals surface area contributed by atoms with Crippen molar-refractivity contribution in [1.29, 1.82) is 0 Å². The summed E-state index contributed by atoms with van der Waals surface area (Å²) in [7, 11) is -2.73. The van der Waals surface area contributed by atoms with Crippen LogP contribution in [-0.4, -0.2) is 84.3 Å². The van der Waals surface area contributed by atoms with Crippen molar-refractivity contribution < 1.29 is 32.7 Å². The summed E-state index contributed by atoms with van der Waals surface area (Å²) >= 11 is 6.17. The number of carbonyl (C=O) groups excluding carboxylic acids is 3. The predicted octanol–water partition coefficient (Wildman–Crippen LogP) is 4.13. The molecule has 1 aliphatic heterocycles. The summed E-state index contributed by atoms with van der Waals surface area (Å²) in [5, 5.41) is 9.88. The van der Waals surface area contributed by atoms with E-state index in [-0.39, 0.29) is 49.2 Å². The topological polar surface area (TPSA) is 137 Å². The predicted molar refractivity (Wildman–Crippen MR) is 177 cm³/mol. The zero-order valence-electron chi connectivity index (χ0n) is 26.7. The molecule has 2 N–H and O–H groups in total. The Labute approximate surface area is 281 Å². The number of nitrogens with one attached hydrogen (secondary N) is 1. The number of hydrogen-bond donors (Lipinski definition) is 2. The summed E-state index contributed by atoms with van der Waals surface area (Å²) in [5.41, 5.74) is 3.29. The van der Waals surface area contributed by atoms with E-state index in [4.69, 9.17) is 16.3 Å². The molecule has 1 heterocycles. The van der Waals surface area contributed by atoms with Crippen LogP contribution in [0.3, 0.4) is 0 Å². The molecule has 0 bridgehead atoms. The molecule has 0 saturated carbocycles. The molecule has 0 spiro atoms. The monoisotopic (exact) mass is 684 g/mol. The third kappa shape index (κ3) is 9.32. The molecular formula is C34H41ClN4O7S. The molecule has 13 heteroatoms. The molecule has 2 atom stereocenters. The van der Waals surface area contributed by atoms with Gasteiger partial charge in [0.05, 0.1) is 31.0 Å². The number of rotatable bonds is 14. The van der Waals surface area contributed by atoms with Gasteiger partial charge in [-0.1, -0.05) is 67.9 Å². The van der Waals surface area contributed by atoms with Crippen LogP contribution >= 0.6 is 11.6 Å². The number of hydrogen-bond acceptors (Lipinski definition) is 7. The maximum atomic E-state index is 14.3. The lowest BCUT2D eigenvalue weighted by Gasteiger charge is -2.47. The summed E-state index contributed by atoms with van der Waals surface area (Å²) in [4.78, 5) is 43.8. The number of piperazine rings is 1. The fourth-order valence-corrected chi connectivity index (χ4v) is 7.39. The van der Waals surface area contributed by atoms with Crippen molar-refractivity contribution in [3.05, 3.63) is 95.0 Å². The van der Waals surface area contributed by atoms with Gasteiger partial charge >= 0.3 is 0 Å². The molecule has 0 aliphatic carbocycles. The van der Waals surface area contributed by atoms with Gasteiger partial charge in [-0.2, -0.15) is 4.31 Å². The zero-order chi connectivity index (χ0) is 34.1. The van der Waals surface area contributed by atoms with E-state index in [1.165, 1.54) is 36.3 Å². The van der Waals surface area contributed by atoms with E-state index in [1.807, 2.05) is 50.2 Å². The number of carbonyl (C=O) groups is 3. The standard InChI is InChI=1S/C34H41ClN4O7S/c1-24(2)18-31-34(42)37(21-26-8-5-4-6-9-26)22-28(20-32(40)36-43)39(31)33(41)23-38(17-16-25-10-7-11-27(35)19-25)47(44,45)30-14-12-29(46-3)13-15-30/h4-15,19,24,28,31,43H,16-18,20-23H2,1-3H3,(H,36,40)/t28?,31-/m0/s1. The molecule has 1 saturated heterocycles.